The SMILES string of the molecule is CCNC(=NCc1nnc(C)n1C)NCC1(CCOC)CCC1.I. The van der Waals surface area contributed by atoms with Crippen molar-refractivity contribution in [3.05, 3.63) is 11.6 Å². The lowest BCUT2D eigenvalue weighted by Gasteiger charge is -2.42. The van der Waals surface area contributed by atoms with Crippen molar-refractivity contribution < 1.29 is 4.74 Å². The first-order valence-corrected chi connectivity index (χ1v) is 8.46. The second kappa shape index (κ2) is 10.2. The summed E-state index contributed by atoms with van der Waals surface area (Å²) in [6.45, 7) is 7.16. The number of hydrogen-bond donors (Lipinski definition) is 2. The molecule has 1 saturated carbocycles. The van der Waals surface area contributed by atoms with E-state index in [2.05, 4.69) is 32.7 Å². The summed E-state index contributed by atoms with van der Waals surface area (Å²) < 4.78 is 7.23. The van der Waals surface area contributed by atoms with Gasteiger partial charge in [-0.2, -0.15) is 0 Å². The summed E-state index contributed by atoms with van der Waals surface area (Å²) in [5, 5.41) is 15.0. The number of hydrogen-bond acceptors (Lipinski definition) is 4. The summed E-state index contributed by atoms with van der Waals surface area (Å²) in [5.41, 5.74) is 0.369. The van der Waals surface area contributed by atoms with Gasteiger partial charge in [-0.05, 0) is 38.5 Å². The monoisotopic (exact) mass is 450 g/mol. The Morgan fingerprint density at radius 2 is 2.08 bits per heavy atom. The van der Waals surface area contributed by atoms with E-state index in [0.29, 0.717) is 12.0 Å². The zero-order valence-corrected chi connectivity index (χ0v) is 17.6. The summed E-state index contributed by atoms with van der Waals surface area (Å²) in [4.78, 5) is 4.64. The molecule has 0 radical (unpaired) electrons. The van der Waals surface area contributed by atoms with E-state index >= 15 is 0 Å². The van der Waals surface area contributed by atoms with E-state index in [1.165, 1.54) is 19.3 Å². The van der Waals surface area contributed by atoms with Crippen LogP contribution in [0.25, 0.3) is 0 Å². The van der Waals surface area contributed by atoms with Gasteiger partial charge in [-0.15, -0.1) is 34.2 Å². The number of aryl methyl sites for hydroxylation is 1. The summed E-state index contributed by atoms with van der Waals surface area (Å²) in [6.07, 6.45) is 4.96. The Labute approximate surface area is 162 Å². The van der Waals surface area contributed by atoms with Crippen molar-refractivity contribution in [3.8, 4) is 0 Å². The van der Waals surface area contributed by atoms with Crippen LogP contribution >= 0.6 is 24.0 Å². The quantitative estimate of drug-likeness (QED) is 0.360. The van der Waals surface area contributed by atoms with Gasteiger partial charge < -0.3 is 19.9 Å². The van der Waals surface area contributed by atoms with Crippen molar-refractivity contribution in [2.75, 3.05) is 26.8 Å². The number of rotatable bonds is 8. The molecule has 0 aliphatic heterocycles. The lowest BCUT2D eigenvalue weighted by molar-refractivity contribution is 0.0732. The summed E-state index contributed by atoms with van der Waals surface area (Å²) >= 11 is 0. The number of nitrogens with one attached hydrogen (secondary N) is 2. The minimum absolute atomic E-state index is 0. The Kier molecular flexibility index (Phi) is 8.96. The zero-order valence-electron chi connectivity index (χ0n) is 15.3. The molecule has 0 amide bonds. The first-order chi connectivity index (χ1) is 11.1. The lowest BCUT2D eigenvalue weighted by atomic mass is 9.67. The van der Waals surface area contributed by atoms with Gasteiger partial charge in [0, 0.05) is 33.9 Å². The van der Waals surface area contributed by atoms with E-state index < -0.39 is 0 Å². The Bertz CT molecular complexity index is 527. The van der Waals surface area contributed by atoms with Gasteiger partial charge in [-0.25, -0.2) is 4.99 Å². The van der Waals surface area contributed by atoms with E-state index in [9.17, 15) is 0 Å². The van der Waals surface area contributed by atoms with E-state index in [1.807, 2.05) is 18.5 Å². The molecule has 0 bridgehead atoms. The molecule has 138 valence electrons. The molecule has 1 fully saturated rings. The molecule has 1 heterocycles. The molecule has 0 atom stereocenters. The average Bonchev–Trinajstić information content (AvgIpc) is 2.82. The lowest BCUT2D eigenvalue weighted by Crippen LogP contribution is -2.47. The van der Waals surface area contributed by atoms with E-state index in [4.69, 9.17) is 4.74 Å². The van der Waals surface area contributed by atoms with Crippen LogP contribution in [0.4, 0.5) is 0 Å². The third-order valence-corrected chi connectivity index (χ3v) is 4.79. The van der Waals surface area contributed by atoms with Crippen LogP contribution in [0, 0.1) is 12.3 Å². The summed E-state index contributed by atoms with van der Waals surface area (Å²) in [7, 11) is 3.74. The maximum absolute atomic E-state index is 5.26. The molecule has 1 aliphatic carbocycles. The largest absolute Gasteiger partial charge is 0.385 e. The average molecular weight is 450 g/mol. The maximum atomic E-state index is 5.26. The Morgan fingerprint density at radius 1 is 1.33 bits per heavy atom. The van der Waals surface area contributed by atoms with Crippen molar-refractivity contribution in [3.63, 3.8) is 0 Å². The second-order valence-corrected chi connectivity index (χ2v) is 6.37. The van der Waals surface area contributed by atoms with Gasteiger partial charge in [-0.1, -0.05) is 6.42 Å². The normalized spacial score (nSPS) is 16.2. The standard InChI is InChI=1S/C16H30N6O.HI/c1-5-17-15(18-11-14-21-20-13(2)22(14)3)19-12-16(7-6-8-16)9-10-23-4;/h5-12H2,1-4H3,(H2,17,18,19);1H. The van der Waals surface area contributed by atoms with Crippen LogP contribution < -0.4 is 10.6 Å². The van der Waals surface area contributed by atoms with Crippen LogP contribution in [-0.2, 0) is 18.3 Å². The van der Waals surface area contributed by atoms with Gasteiger partial charge in [0.25, 0.3) is 0 Å². The molecule has 2 rings (SSSR count). The molecular weight excluding hydrogens is 419 g/mol. The van der Waals surface area contributed by atoms with Crippen molar-refractivity contribution in [1.82, 2.24) is 25.4 Å². The van der Waals surface area contributed by atoms with Crippen LogP contribution in [-0.4, -0.2) is 47.5 Å². The number of methoxy groups -OCH3 is 1. The summed E-state index contributed by atoms with van der Waals surface area (Å²) in [5.74, 6) is 2.62. The Hall–Kier alpha value is -0.900. The number of halogens is 1. The number of aliphatic imine (C=N–C) groups is 1. The van der Waals surface area contributed by atoms with Gasteiger partial charge in [0.2, 0.25) is 0 Å². The van der Waals surface area contributed by atoms with Crippen molar-refractivity contribution >= 4 is 29.9 Å². The Morgan fingerprint density at radius 3 is 2.58 bits per heavy atom. The fourth-order valence-electron chi connectivity index (χ4n) is 2.86. The molecule has 0 saturated heterocycles. The van der Waals surface area contributed by atoms with Gasteiger partial charge in [0.15, 0.2) is 11.8 Å². The fourth-order valence-corrected chi connectivity index (χ4v) is 2.86. The number of guanidine groups is 1. The highest BCUT2D eigenvalue weighted by Gasteiger charge is 2.36. The molecule has 0 unspecified atom stereocenters. The highest BCUT2D eigenvalue weighted by molar-refractivity contribution is 14.0. The molecule has 8 heteroatoms. The van der Waals surface area contributed by atoms with Crippen molar-refractivity contribution in [2.24, 2.45) is 17.5 Å². The molecule has 1 aromatic heterocycles. The van der Waals surface area contributed by atoms with E-state index in [-0.39, 0.29) is 24.0 Å². The molecule has 1 aromatic rings. The first kappa shape index (κ1) is 21.1. The van der Waals surface area contributed by atoms with Crippen LogP contribution in [0.15, 0.2) is 4.99 Å². The van der Waals surface area contributed by atoms with E-state index in [1.54, 1.807) is 7.11 Å². The molecular formula is C16H31IN6O. The van der Waals surface area contributed by atoms with Crippen LogP contribution in [0.5, 0.6) is 0 Å². The molecule has 7 nitrogen and oxygen atoms in total. The van der Waals surface area contributed by atoms with E-state index in [0.717, 1.165) is 43.7 Å². The molecule has 2 N–H and O–H groups in total. The first-order valence-electron chi connectivity index (χ1n) is 8.46. The summed E-state index contributed by atoms with van der Waals surface area (Å²) in [6, 6.07) is 0. The predicted octanol–water partition coefficient (Wildman–Crippen LogP) is 2.00. The zero-order chi connectivity index (χ0) is 16.7. The number of nitrogens with zero attached hydrogens (tertiary/aromatic N) is 4. The highest BCUT2D eigenvalue weighted by Crippen LogP contribution is 2.43. The van der Waals surface area contributed by atoms with Crippen LogP contribution in [0.3, 0.4) is 0 Å². The Balaban J connectivity index is 0.00000288. The molecule has 0 spiro atoms. The minimum atomic E-state index is 0. The number of ether oxygens (including phenoxy) is 1. The maximum Gasteiger partial charge on any atom is 0.191 e. The van der Waals surface area contributed by atoms with Gasteiger partial charge in [-0.3, -0.25) is 0 Å². The molecule has 1 aliphatic rings. The predicted molar refractivity (Wildman–Crippen MR) is 107 cm³/mol. The fraction of sp³-hybridized carbons (Fsp3) is 0.812. The highest BCUT2D eigenvalue weighted by atomic mass is 127. The minimum Gasteiger partial charge on any atom is -0.385 e. The molecule has 24 heavy (non-hydrogen) atoms. The third kappa shape index (κ3) is 5.58. The number of aromatic nitrogens is 3. The third-order valence-electron chi connectivity index (χ3n) is 4.79. The second-order valence-electron chi connectivity index (χ2n) is 6.37. The topological polar surface area (TPSA) is 76.4 Å². The van der Waals surface area contributed by atoms with Crippen LogP contribution in [0.2, 0.25) is 0 Å². The van der Waals surface area contributed by atoms with Gasteiger partial charge >= 0.3 is 0 Å². The smallest absolute Gasteiger partial charge is 0.191 e. The van der Waals surface area contributed by atoms with Crippen molar-refractivity contribution in [2.45, 2.75) is 46.1 Å². The van der Waals surface area contributed by atoms with Crippen LogP contribution in [0.1, 0.15) is 44.3 Å². The van der Waals surface area contributed by atoms with Gasteiger partial charge in [0.05, 0.1) is 0 Å². The molecule has 0 aromatic carbocycles. The van der Waals surface area contributed by atoms with Crippen molar-refractivity contribution in [1.29, 1.82) is 0 Å². The van der Waals surface area contributed by atoms with Gasteiger partial charge in [0.1, 0.15) is 12.4 Å².